The molecule has 1 aromatic carbocycles. The van der Waals surface area contributed by atoms with E-state index < -0.39 is 5.67 Å². The Balaban J connectivity index is 0.000000165. The number of likely N-dealkylation sites (tertiary alicyclic amines) is 1. The highest BCUT2D eigenvalue weighted by Gasteiger charge is 2.30. The van der Waals surface area contributed by atoms with Crippen molar-refractivity contribution in [3.05, 3.63) is 53.0 Å². The summed E-state index contributed by atoms with van der Waals surface area (Å²) in [6, 6.07) is 12.9. The van der Waals surface area contributed by atoms with Crippen molar-refractivity contribution >= 4 is 22.2 Å². The number of H-pyrrole nitrogens is 1. The Morgan fingerprint density at radius 2 is 2.03 bits per heavy atom. The number of halogens is 1. The third-order valence-electron chi connectivity index (χ3n) is 6.51. The highest BCUT2D eigenvalue weighted by molar-refractivity contribution is 7.11. The van der Waals surface area contributed by atoms with Crippen molar-refractivity contribution in [1.82, 2.24) is 14.8 Å². The van der Waals surface area contributed by atoms with Crippen LogP contribution in [0.15, 0.2) is 41.8 Å². The Morgan fingerprint density at radius 3 is 2.76 bits per heavy atom. The van der Waals surface area contributed by atoms with E-state index in [-0.39, 0.29) is 0 Å². The molecular formula is C27H38FN3OS. The van der Waals surface area contributed by atoms with Gasteiger partial charge in [0.25, 0.3) is 0 Å². The van der Waals surface area contributed by atoms with Crippen molar-refractivity contribution in [2.75, 3.05) is 26.2 Å². The number of aromatic amines is 1. The summed E-state index contributed by atoms with van der Waals surface area (Å²) in [5, 5.41) is 4.45. The van der Waals surface area contributed by atoms with E-state index >= 15 is 0 Å². The first-order valence-electron chi connectivity index (χ1n) is 12.3. The van der Waals surface area contributed by atoms with E-state index in [0.29, 0.717) is 18.7 Å². The Kier molecular flexibility index (Phi) is 7.77. The molecule has 1 saturated heterocycles. The first-order chi connectivity index (χ1) is 15.8. The van der Waals surface area contributed by atoms with Crippen LogP contribution in [0.1, 0.15) is 51.8 Å². The first kappa shape index (κ1) is 24.2. The molecule has 1 N–H and O–H groups in total. The predicted octanol–water partition coefficient (Wildman–Crippen LogP) is 6.27. The van der Waals surface area contributed by atoms with Crippen LogP contribution < -0.4 is 4.74 Å². The molecule has 4 heterocycles. The molecule has 0 spiro atoms. The molecule has 0 bridgehead atoms. The van der Waals surface area contributed by atoms with E-state index in [2.05, 4.69) is 58.3 Å². The van der Waals surface area contributed by atoms with Gasteiger partial charge in [0.05, 0.1) is 0 Å². The fourth-order valence-electron chi connectivity index (χ4n) is 5.01. The molecule has 180 valence electrons. The van der Waals surface area contributed by atoms with Gasteiger partial charge in [-0.25, -0.2) is 4.39 Å². The van der Waals surface area contributed by atoms with Gasteiger partial charge in [-0.3, -0.25) is 9.80 Å². The predicted molar refractivity (Wildman–Crippen MR) is 137 cm³/mol. The maximum atomic E-state index is 13.9. The number of nitrogens with one attached hydrogen (secondary N) is 1. The number of alkyl halides is 1. The van der Waals surface area contributed by atoms with Crippen molar-refractivity contribution in [3.63, 3.8) is 0 Å². The van der Waals surface area contributed by atoms with Gasteiger partial charge in [-0.05, 0) is 75.7 Å². The van der Waals surface area contributed by atoms with Gasteiger partial charge in [-0.2, -0.15) is 0 Å². The molecule has 2 aromatic heterocycles. The van der Waals surface area contributed by atoms with E-state index in [9.17, 15) is 4.39 Å². The molecule has 6 heteroatoms. The molecule has 5 rings (SSSR count). The molecule has 4 nitrogen and oxygen atoms in total. The van der Waals surface area contributed by atoms with Crippen molar-refractivity contribution in [2.24, 2.45) is 0 Å². The highest BCUT2D eigenvalue weighted by Crippen LogP contribution is 2.31. The van der Waals surface area contributed by atoms with Gasteiger partial charge >= 0.3 is 0 Å². The largest absolute Gasteiger partial charge is 0.479 e. The summed E-state index contributed by atoms with van der Waals surface area (Å²) >= 11 is 1.68. The Hall–Kier alpha value is -1.89. The Morgan fingerprint density at radius 1 is 1.21 bits per heavy atom. The zero-order valence-corrected chi connectivity index (χ0v) is 21.3. The summed E-state index contributed by atoms with van der Waals surface area (Å²) in [5.41, 5.74) is 2.72. The van der Waals surface area contributed by atoms with E-state index in [1.807, 2.05) is 12.1 Å². The van der Waals surface area contributed by atoms with Gasteiger partial charge in [-0.15, -0.1) is 11.3 Å². The lowest BCUT2D eigenvalue weighted by molar-refractivity contribution is 0.0853. The van der Waals surface area contributed by atoms with Crippen LogP contribution in [-0.4, -0.2) is 58.8 Å². The summed E-state index contributed by atoms with van der Waals surface area (Å²) in [7, 11) is 0. The topological polar surface area (TPSA) is 31.5 Å². The number of nitrogens with zero attached hydrogens (tertiary/aromatic N) is 2. The van der Waals surface area contributed by atoms with Crippen LogP contribution in [0.3, 0.4) is 0 Å². The first-order valence-corrected chi connectivity index (χ1v) is 13.1. The number of aromatic nitrogens is 1. The van der Waals surface area contributed by atoms with Crippen molar-refractivity contribution < 1.29 is 9.13 Å². The fraction of sp³-hybridized carbons (Fsp3) is 0.556. The lowest BCUT2D eigenvalue weighted by Crippen LogP contribution is -2.44. The van der Waals surface area contributed by atoms with Crippen molar-refractivity contribution in [2.45, 2.75) is 71.3 Å². The maximum absolute atomic E-state index is 13.9. The van der Waals surface area contributed by atoms with E-state index in [1.54, 1.807) is 25.2 Å². The van der Waals surface area contributed by atoms with Crippen LogP contribution in [-0.2, 0) is 13.0 Å². The fourth-order valence-corrected chi connectivity index (χ4v) is 5.65. The zero-order chi connectivity index (χ0) is 23.4. The second-order valence-electron chi connectivity index (χ2n) is 10.1. The summed E-state index contributed by atoms with van der Waals surface area (Å²) in [6.07, 6.45) is 3.83. The van der Waals surface area contributed by atoms with Gasteiger partial charge in [0.2, 0.25) is 0 Å². The van der Waals surface area contributed by atoms with Gasteiger partial charge < -0.3 is 9.72 Å². The molecule has 1 fully saturated rings. The highest BCUT2D eigenvalue weighted by atomic mass is 32.1. The lowest BCUT2D eigenvalue weighted by atomic mass is 9.96. The molecule has 2 atom stereocenters. The third kappa shape index (κ3) is 6.37. The quantitative estimate of drug-likeness (QED) is 0.459. The SMILES string of the molecule is CC1Cc2c([nH]c3ccccc23)CN1CC(C)(C)F.CCCN1CCC(Oc2cccs2)C1. The number of benzene rings is 1. The number of hydrogen-bond acceptors (Lipinski definition) is 4. The lowest BCUT2D eigenvalue weighted by Gasteiger charge is -2.36. The molecule has 2 aliphatic heterocycles. The summed E-state index contributed by atoms with van der Waals surface area (Å²) in [4.78, 5) is 8.21. The monoisotopic (exact) mass is 471 g/mol. The molecule has 2 aliphatic rings. The van der Waals surface area contributed by atoms with E-state index in [4.69, 9.17) is 4.74 Å². The van der Waals surface area contributed by atoms with Gasteiger partial charge in [0.1, 0.15) is 11.8 Å². The normalized spacial score (nSPS) is 21.6. The molecule has 2 unspecified atom stereocenters. The average Bonchev–Trinajstić information content (AvgIpc) is 3.49. The smallest absolute Gasteiger partial charge is 0.174 e. The van der Waals surface area contributed by atoms with Crippen LogP contribution in [0.25, 0.3) is 10.9 Å². The van der Waals surface area contributed by atoms with E-state index in [1.165, 1.54) is 48.1 Å². The summed E-state index contributed by atoms with van der Waals surface area (Å²) < 4.78 is 19.7. The molecule has 33 heavy (non-hydrogen) atoms. The minimum Gasteiger partial charge on any atom is -0.479 e. The molecule has 0 saturated carbocycles. The minimum atomic E-state index is -1.14. The van der Waals surface area contributed by atoms with Gasteiger partial charge in [0, 0.05) is 48.8 Å². The Labute approximate surface area is 201 Å². The van der Waals surface area contributed by atoms with Crippen LogP contribution in [0.4, 0.5) is 4.39 Å². The van der Waals surface area contributed by atoms with Crippen LogP contribution >= 0.6 is 11.3 Å². The Bertz CT molecular complexity index is 1010. The second-order valence-corrected chi connectivity index (χ2v) is 11.0. The second kappa shape index (κ2) is 10.6. The number of rotatable bonds is 6. The number of fused-ring (bicyclic) bond motifs is 3. The molecule has 3 aromatic rings. The molecular weight excluding hydrogens is 433 g/mol. The van der Waals surface area contributed by atoms with Crippen LogP contribution in [0.5, 0.6) is 5.06 Å². The van der Waals surface area contributed by atoms with Gasteiger partial charge in [0.15, 0.2) is 5.06 Å². The number of ether oxygens (including phenoxy) is 1. The third-order valence-corrected chi connectivity index (χ3v) is 7.27. The average molecular weight is 472 g/mol. The molecule has 0 aliphatic carbocycles. The number of thiophene rings is 1. The molecule has 0 amide bonds. The molecule has 0 radical (unpaired) electrons. The van der Waals surface area contributed by atoms with E-state index in [0.717, 1.165) is 24.6 Å². The zero-order valence-electron chi connectivity index (χ0n) is 20.4. The van der Waals surface area contributed by atoms with Crippen molar-refractivity contribution in [3.8, 4) is 5.06 Å². The summed E-state index contributed by atoms with van der Waals surface area (Å²) in [5.74, 6) is 0. The van der Waals surface area contributed by atoms with Crippen LogP contribution in [0.2, 0.25) is 0 Å². The maximum Gasteiger partial charge on any atom is 0.174 e. The number of para-hydroxylation sites is 1. The van der Waals surface area contributed by atoms with Gasteiger partial charge in [-0.1, -0.05) is 25.1 Å². The standard InChI is InChI=1S/C16H21FN2.C11H17NOS/c1-11-8-13-12-6-4-5-7-14(12)18-15(13)9-19(11)10-16(2,3)17;1-2-6-12-7-5-10(9-12)13-11-4-3-8-14-11/h4-7,11,18H,8-10H2,1-3H3;3-4,8,10H,2,5-7,9H2,1H3. The van der Waals surface area contributed by atoms with Crippen molar-refractivity contribution in [1.29, 1.82) is 0 Å². The number of hydrogen-bond donors (Lipinski definition) is 1. The minimum absolute atomic E-state index is 0.390. The summed E-state index contributed by atoms with van der Waals surface area (Å²) in [6.45, 7) is 12.5. The van der Waals surface area contributed by atoms with Crippen LogP contribution in [0, 0.1) is 0 Å².